The van der Waals surface area contributed by atoms with E-state index in [9.17, 15) is 4.79 Å². The number of furan rings is 1. The SMILES string of the molecule is Cc1oc(C)c(C(=O)N2CC(C)OC(CCl)C2)c1C. The average Bonchev–Trinajstić information content (AvgIpc) is 2.61. The molecule has 2 rings (SSSR count). The molecule has 2 atom stereocenters. The Hall–Kier alpha value is -1.00. The highest BCUT2D eigenvalue weighted by Crippen LogP contribution is 2.24. The molecule has 2 heterocycles. The van der Waals surface area contributed by atoms with E-state index in [4.69, 9.17) is 20.8 Å². The number of aryl methyl sites for hydroxylation is 2. The molecule has 2 unspecified atom stereocenters. The molecule has 4 nitrogen and oxygen atoms in total. The second kappa shape index (κ2) is 5.55. The number of hydrogen-bond donors (Lipinski definition) is 0. The molecule has 1 aromatic rings. The fourth-order valence-corrected chi connectivity index (χ4v) is 2.73. The Labute approximate surface area is 118 Å². The van der Waals surface area contributed by atoms with Crippen molar-refractivity contribution in [3.8, 4) is 0 Å². The van der Waals surface area contributed by atoms with Crippen molar-refractivity contribution in [1.82, 2.24) is 4.90 Å². The van der Waals surface area contributed by atoms with Crippen molar-refractivity contribution in [2.45, 2.75) is 39.9 Å². The highest BCUT2D eigenvalue weighted by atomic mass is 35.5. The lowest BCUT2D eigenvalue weighted by molar-refractivity contribution is -0.0570. The standard InChI is InChI=1S/C14H20ClNO3/c1-8-6-16(7-12(5-15)18-8)14(17)13-9(2)10(3)19-11(13)4/h8,12H,5-7H2,1-4H3. The molecule has 1 aliphatic heterocycles. The second-order valence-corrected chi connectivity index (χ2v) is 5.46. The summed E-state index contributed by atoms with van der Waals surface area (Å²) in [5.41, 5.74) is 1.60. The van der Waals surface area contributed by atoms with E-state index >= 15 is 0 Å². The van der Waals surface area contributed by atoms with Crippen molar-refractivity contribution < 1.29 is 13.9 Å². The van der Waals surface area contributed by atoms with Gasteiger partial charge < -0.3 is 14.1 Å². The smallest absolute Gasteiger partial charge is 0.257 e. The van der Waals surface area contributed by atoms with Gasteiger partial charge in [-0.15, -0.1) is 11.6 Å². The van der Waals surface area contributed by atoms with E-state index in [2.05, 4.69) is 0 Å². The first-order valence-electron chi connectivity index (χ1n) is 6.51. The number of carbonyl (C=O) groups is 1. The number of morpholine rings is 1. The van der Waals surface area contributed by atoms with E-state index in [-0.39, 0.29) is 18.1 Å². The largest absolute Gasteiger partial charge is 0.466 e. The van der Waals surface area contributed by atoms with E-state index in [0.29, 0.717) is 30.3 Å². The highest BCUT2D eigenvalue weighted by Gasteiger charge is 2.31. The lowest BCUT2D eigenvalue weighted by atomic mass is 10.1. The number of hydrogen-bond acceptors (Lipinski definition) is 3. The zero-order valence-corrected chi connectivity index (χ0v) is 12.6. The van der Waals surface area contributed by atoms with Gasteiger partial charge in [0.25, 0.3) is 5.91 Å². The van der Waals surface area contributed by atoms with Crippen molar-refractivity contribution in [2.75, 3.05) is 19.0 Å². The summed E-state index contributed by atoms with van der Waals surface area (Å²) in [5, 5.41) is 0. The molecule has 5 heteroatoms. The highest BCUT2D eigenvalue weighted by molar-refractivity contribution is 6.18. The van der Waals surface area contributed by atoms with Gasteiger partial charge in [-0.1, -0.05) is 0 Å². The van der Waals surface area contributed by atoms with Crippen LogP contribution in [-0.4, -0.2) is 42.0 Å². The van der Waals surface area contributed by atoms with Crippen molar-refractivity contribution in [3.05, 3.63) is 22.6 Å². The molecule has 0 spiro atoms. The first-order chi connectivity index (χ1) is 8.93. The van der Waals surface area contributed by atoms with Gasteiger partial charge in [-0.05, 0) is 27.7 Å². The Kier molecular flexibility index (Phi) is 4.21. The number of rotatable bonds is 2. The van der Waals surface area contributed by atoms with Crippen LogP contribution in [0.15, 0.2) is 4.42 Å². The van der Waals surface area contributed by atoms with E-state index in [1.54, 1.807) is 0 Å². The predicted molar refractivity (Wildman–Crippen MR) is 73.9 cm³/mol. The second-order valence-electron chi connectivity index (χ2n) is 5.15. The monoisotopic (exact) mass is 285 g/mol. The maximum absolute atomic E-state index is 12.6. The minimum Gasteiger partial charge on any atom is -0.466 e. The van der Waals surface area contributed by atoms with Crippen LogP contribution < -0.4 is 0 Å². The molecule has 1 fully saturated rings. The van der Waals surface area contributed by atoms with Gasteiger partial charge in [0.05, 0.1) is 23.7 Å². The van der Waals surface area contributed by atoms with Crippen LogP contribution in [0, 0.1) is 20.8 Å². The van der Waals surface area contributed by atoms with E-state index < -0.39 is 0 Å². The number of carbonyl (C=O) groups excluding carboxylic acids is 1. The summed E-state index contributed by atoms with van der Waals surface area (Å²) in [4.78, 5) is 14.4. The van der Waals surface area contributed by atoms with Crippen LogP contribution in [0.3, 0.4) is 0 Å². The Morgan fingerprint density at radius 2 is 2.00 bits per heavy atom. The third-order valence-corrected chi connectivity index (χ3v) is 3.91. The summed E-state index contributed by atoms with van der Waals surface area (Å²) in [5.74, 6) is 1.89. The molecule has 0 saturated carbocycles. The van der Waals surface area contributed by atoms with Crippen LogP contribution in [0.5, 0.6) is 0 Å². The van der Waals surface area contributed by atoms with Gasteiger partial charge >= 0.3 is 0 Å². The van der Waals surface area contributed by atoms with Crippen LogP contribution in [0.25, 0.3) is 0 Å². The molecule has 1 aromatic heterocycles. The van der Waals surface area contributed by atoms with Crippen LogP contribution in [-0.2, 0) is 4.74 Å². The van der Waals surface area contributed by atoms with E-state index in [1.165, 1.54) is 0 Å². The molecule has 19 heavy (non-hydrogen) atoms. The van der Waals surface area contributed by atoms with Crippen LogP contribution >= 0.6 is 11.6 Å². The number of amides is 1. The molecule has 1 saturated heterocycles. The Morgan fingerprint density at radius 1 is 1.32 bits per heavy atom. The number of alkyl halides is 1. The summed E-state index contributed by atoms with van der Waals surface area (Å²) in [6.07, 6.45) is -0.0852. The Balaban J connectivity index is 2.23. The van der Waals surface area contributed by atoms with Crippen LogP contribution in [0.2, 0.25) is 0 Å². The molecular formula is C14H20ClNO3. The van der Waals surface area contributed by atoms with Crippen LogP contribution in [0.4, 0.5) is 0 Å². The zero-order valence-electron chi connectivity index (χ0n) is 11.8. The summed E-state index contributed by atoms with van der Waals surface area (Å²) in [6.45, 7) is 8.71. The normalized spacial score (nSPS) is 23.7. The topological polar surface area (TPSA) is 42.7 Å². The molecule has 0 aliphatic carbocycles. The molecule has 1 aliphatic rings. The third kappa shape index (κ3) is 2.79. The minimum absolute atomic E-state index is 0.00932. The first-order valence-corrected chi connectivity index (χ1v) is 7.04. The van der Waals surface area contributed by atoms with Gasteiger partial charge in [-0.3, -0.25) is 4.79 Å². The lowest BCUT2D eigenvalue weighted by Crippen LogP contribution is -2.50. The van der Waals surface area contributed by atoms with Gasteiger partial charge in [0, 0.05) is 18.7 Å². The van der Waals surface area contributed by atoms with Crippen LogP contribution in [0.1, 0.15) is 34.4 Å². The van der Waals surface area contributed by atoms with Gasteiger partial charge in [-0.25, -0.2) is 0 Å². The molecule has 106 valence electrons. The fraction of sp³-hybridized carbons (Fsp3) is 0.643. The summed E-state index contributed by atoms with van der Waals surface area (Å²) >= 11 is 5.85. The van der Waals surface area contributed by atoms with Crippen molar-refractivity contribution in [3.63, 3.8) is 0 Å². The molecule has 0 bridgehead atoms. The van der Waals surface area contributed by atoms with Gasteiger partial charge in [-0.2, -0.15) is 0 Å². The van der Waals surface area contributed by atoms with Gasteiger partial charge in [0.1, 0.15) is 11.5 Å². The molecule has 1 amide bonds. The minimum atomic E-state index is -0.0945. The van der Waals surface area contributed by atoms with Gasteiger partial charge in [0.15, 0.2) is 0 Å². The summed E-state index contributed by atoms with van der Waals surface area (Å²) in [6, 6.07) is 0. The maximum Gasteiger partial charge on any atom is 0.257 e. The third-order valence-electron chi connectivity index (χ3n) is 3.56. The Bertz CT molecular complexity index is 483. The number of halogens is 1. The molecule has 0 aromatic carbocycles. The lowest BCUT2D eigenvalue weighted by Gasteiger charge is -2.36. The predicted octanol–water partition coefficient (Wildman–Crippen LogP) is 2.67. The van der Waals surface area contributed by atoms with Crippen molar-refractivity contribution >= 4 is 17.5 Å². The number of ether oxygens (including phenoxy) is 1. The van der Waals surface area contributed by atoms with Crippen molar-refractivity contribution in [2.24, 2.45) is 0 Å². The van der Waals surface area contributed by atoms with E-state index in [0.717, 1.165) is 11.3 Å². The quantitative estimate of drug-likeness (QED) is 0.785. The van der Waals surface area contributed by atoms with Gasteiger partial charge in [0.2, 0.25) is 0 Å². The molecule has 0 N–H and O–H groups in total. The first kappa shape index (κ1) is 14.4. The number of nitrogens with zero attached hydrogens (tertiary/aromatic N) is 1. The molecule has 0 radical (unpaired) electrons. The molecular weight excluding hydrogens is 266 g/mol. The average molecular weight is 286 g/mol. The summed E-state index contributed by atoms with van der Waals surface area (Å²) < 4.78 is 11.2. The Morgan fingerprint density at radius 3 is 2.53 bits per heavy atom. The fourth-order valence-electron chi connectivity index (χ4n) is 2.56. The maximum atomic E-state index is 12.6. The van der Waals surface area contributed by atoms with Crippen molar-refractivity contribution in [1.29, 1.82) is 0 Å². The summed E-state index contributed by atoms with van der Waals surface area (Å²) in [7, 11) is 0. The zero-order chi connectivity index (χ0) is 14.2. The van der Waals surface area contributed by atoms with E-state index in [1.807, 2.05) is 32.6 Å².